The topological polar surface area (TPSA) is 145 Å². The minimum atomic E-state index is -4.32. The number of aryl methyl sites for hydroxylation is 1. The van der Waals surface area contributed by atoms with Crippen LogP contribution in [0.2, 0.25) is 0 Å². The summed E-state index contributed by atoms with van der Waals surface area (Å²) in [7, 11) is -4.32. The molecule has 0 aliphatic carbocycles. The summed E-state index contributed by atoms with van der Waals surface area (Å²) in [5, 5.41) is 43.4. The van der Waals surface area contributed by atoms with E-state index in [9.17, 15) is 24.0 Å². The van der Waals surface area contributed by atoms with Crippen LogP contribution in [0.5, 0.6) is 0 Å². The number of hydrogen-bond donors (Lipinski definition) is 2. The van der Waals surface area contributed by atoms with Crippen LogP contribution in [0.15, 0.2) is 64.5 Å². The fraction of sp³-hybridized carbons (Fsp3) is 0.0625. The second kappa shape index (κ2) is 6.98. The molecule has 0 saturated carbocycles. The van der Waals surface area contributed by atoms with Crippen molar-refractivity contribution in [2.24, 2.45) is 0 Å². The molecule has 1 heterocycles. The summed E-state index contributed by atoms with van der Waals surface area (Å²) >= 11 is 0. The molecule has 0 bridgehead atoms. The van der Waals surface area contributed by atoms with Crippen LogP contribution in [0.3, 0.4) is 0 Å². The first-order valence-corrected chi connectivity index (χ1v) is 9.04. The zero-order chi connectivity index (χ0) is 19.8. The van der Waals surface area contributed by atoms with Gasteiger partial charge in [0.2, 0.25) is 9.84 Å². The minimum Gasteiger partial charge on any atom is -0.733 e. The van der Waals surface area contributed by atoms with Gasteiger partial charge in [-0.15, -0.1) is 0 Å². The lowest BCUT2D eigenvalue weighted by Crippen LogP contribution is -2.16. The van der Waals surface area contributed by atoms with Crippen molar-refractivity contribution in [3.63, 3.8) is 0 Å². The van der Waals surface area contributed by atoms with Gasteiger partial charge < -0.3 is 20.9 Å². The summed E-state index contributed by atoms with van der Waals surface area (Å²) in [5.74, 6) is 0. The molecule has 0 atom stereocenters. The molecule has 3 aromatic rings. The van der Waals surface area contributed by atoms with E-state index in [4.69, 9.17) is 5.21 Å². The number of hydrogen-bond acceptors (Lipinski definition) is 9. The smallest absolute Gasteiger partial charge is 0.226 e. The van der Waals surface area contributed by atoms with Crippen LogP contribution < -0.4 is 10.5 Å². The van der Waals surface area contributed by atoms with E-state index >= 15 is 0 Å². The Morgan fingerprint density at radius 2 is 1.56 bits per heavy atom. The van der Waals surface area contributed by atoms with Crippen molar-refractivity contribution < 1.29 is 18.8 Å². The van der Waals surface area contributed by atoms with Crippen molar-refractivity contribution in [3.8, 4) is 5.69 Å². The van der Waals surface area contributed by atoms with Gasteiger partial charge in [0.25, 0.3) is 0 Å². The van der Waals surface area contributed by atoms with Gasteiger partial charge in [0.1, 0.15) is 5.69 Å². The Bertz CT molecular complexity index is 1050. The van der Waals surface area contributed by atoms with E-state index in [1.807, 2.05) is 0 Å². The van der Waals surface area contributed by atoms with Crippen molar-refractivity contribution in [1.82, 2.24) is 9.78 Å². The van der Waals surface area contributed by atoms with Crippen LogP contribution >= 0.6 is 0 Å². The molecular formula is C16H14N4O6S-2. The first kappa shape index (κ1) is 18.8. The molecule has 142 valence electrons. The molecule has 2 N–H and O–H groups in total. The second-order valence-corrected chi connectivity index (χ2v) is 7.39. The molecule has 0 aliphatic rings. The Morgan fingerprint density at radius 3 is 2.07 bits per heavy atom. The Labute approximate surface area is 154 Å². The Hall–Kier alpha value is -2.96. The van der Waals surface area contributed by atoms with Gasteiger partial charge in [0.15, 0.2) is 5.03 Å². The maximum atomic E-state index is 13.2. The van der Waals surface area contributed by atoms with Gasteiger partial charge in [-0.25, -0.2) is 13.1 Å². The van der Waals surface area contributed by atoms with E-state index in [1.165, 1.54) is 6.92 Å². The monoisotopic (exact) mass is 390 g/mol. The molecule has 0 radical (unpaired) electrons. The van der Waals surface area contributed by atoms with Gasteiger partial charge in [-0.1, -0.05) is 18.2 Å². The number of anilines is 2. The van der Waals surface area contributed by atoms with E-state index in [1.54, 1.807) is 30.3 Å². The average molecular weight is 390 g/mol. The van der Waals surface area contributed by atoms with Gasteiger partial charge in [-0.2, -0.15) is 5.10 Å². The lowest BCUT2D eigenvalue weighted by molar-refractivity contribution is 0.293. The number of sulfone groups is 1. The first-order valence-electron chi connectivity index (χ1n) is 7.56. The molecule has 2 aromatic carbocycles. The van der Waals surface area contributed by atoms with E-state index in [2.05, 4.69) is 5.10 Å². The normalized spacial score (nSPS) is 11.4. The van der Waals surface area contributed by atoms with Gasteiger partial charge in [-0.05, 0) is 43.3 Å². The highest BCUT2D eigenvalue weighted by molar-refractivity contribution is 7.91. The number of rotatable bonds is 5. The highest BCUT2D eigenvalue weighted by Gasteiger charge is 2.30. The summed E-state index contributed by atoms with van der Waals surface area (Å²) in [6, 6.07) is 12.6. The summed E-state index contributed by atoms with van der Waals surface area (Å²) in [5.41, 5.74) is -0.317. The minimum absolute atomic E-state index is 0.00707. The number of aromatic nitrogens is 2. The second-order valence-electron chi connectivity index (χ2n) is 5.53. The summed E-state index contributed by atoms with van der Waals surface area (Å²) in [6.45, 7) is 1.39. The molecule has 3 rings (SSSR count). The standard InChI is InChI=1S/C16H14N4O6S/c1-11-15(20(23)24)16(18(17-11)12-5-3-2-4-6-12)27(25,26)14-9-7-13(8-10-14)19(21)22/h2-10,21,23H,1H3/q-2. The Kier molecular flexibility index (Phi) is 4.87. The first-order chi connectivity index (χ1) is 12.7. The number of benzene rings is 2. The molecule has 0 spiro atoms. The Balaban J connectivity index is 2.25. The van der Waals surface area contributed by atoms with Crippen LogP contribution in [0, 0.1) is 17.3 Å². The summed E-state index contributed by atoms with van der Waals surface area (Å²) < 4.78 is 27.4. The average Bonchev–Trinajstić information content (AvgIpc) is 3.01. The third kappa shape index (κ3) is 3.37. The maximum absolute atomic E-state index is 13.2. The predicted octanol–water partition coefficient (Wildman–Crippen LogP) is 2.40. The van der Waals surface area contributed by atoms with Gasteiger partial charge >= 0.3 is 0 Å². The zero-order valence-corrected chi connectivity index (χ0v) is 14.7. The van der Waals surface area contributed by atoms with Gasteiger partial charge in [-0.3, -0.25) is 10.4 Å². The van der Waals surface area contributed by atoms with Gasteiger partial charge in [0, 0.05) is 0 Å². The van der Waals surface area contributed by atoms with Crippen LogP contribution in [0.25, 0.3) is 5.69 Å². The molecule has 0 unspecified atom stereocenters. The van der Waals surface area contributed by atoms with Gasteiger partial charge in [0.05, 0.1) is 22.0 Å². The largest absolute Gasteiger partial charge is 0.733 e. The van der Waals surface area contributed by atoms with E-state index in [-0.39, 0.29) is 16.3 Å². The third-order valence-electron chi connectivity index (χ3n) is 3.80. The molecule has 0 amide bonds. The molecule has 11 heteroatoms. The van der Waals surface area contributed by atoms with Crippen molar-refractivity contribution in [2.75, 3.05) is 10.5 Å². The highest BCUT2D eigenvalue weighted by Crippen LogP contribution is 2.34. The van der Waals surface area contributed by atoms with Crippen LogP contribution in [-0.2, 0) is 9.84 Å². The van der Waals surface area contributed by atoms with Crippen molar-refractivity contribution in [1.29, 1.82) is 0 Å². The molecule has 10 nitrogen and oxygen atoms in total. The SMILES string of the molecule is Cc1nn(-c2ccccc2)c(S(=O)(=O)c2ccc(N([O-])O)cc2)c1N([O-])O. The predicted molar refractivity (Wildman–Crippen MR) is 95.5 cm³/mol. The third-order valence-corrected chi connectivity index (χ3v) is 5.57. The van der Waals surface area contributed by atoms with Crippen molar-refractivity contribution in [2.45, 2.75) is 16.8 Å². The zero-order valence-electron chi connectivity index (χ0n) is 13.9. The molecular weight excluding hydrogens is 376 g/mol. The maximum Gasteiger partial charge on any atom is 0.226 e. The molecule has 27 heavy (non-hydrogen) atoms. The lowest BCUT2D eigenvalue weighted by atomic mass is 10.3. The number of para-hydroxylation sites is 1. The van der Waals surface area contributed by atoms with Crippen LogP contribution in [-0.4, -0.2) is 28.6 Å². The molecule has 0 fully saturated rings. The fourth-order valence-electron chi connectivity index (χ4n) is 2.57. The van der Waals surface area contributed by atoms with Crippen molar-refractivity contribution >= 4 is 21.2 Å². The van der Waals surface area contributed by atoms with E-state index in [0.717, 1.165) is 28.9 Å². The summed E-state index contributed by atoms with van der Waals surface area (Å²) in [6.07, 6.45) is 0. The molecule has 0 aliphatic heterocycles. The van der Waals surface area contributed by atoms with Crippen LogP contribution in [0.1, 0.15) is 5.69 Å². The molecule has 0 saturated heterocycles. The number of nitrogens with zero attached hydrogens (tertiary/aromatic N) is 4. The van der Waals surface area contributed by atoms with Crippen LogP contribution in [0.4, 0.5) is 11.4 Å². The summed E-state index contributed by atoms with van der Waals surface area (Å²) in [4.78, 5) is -0.256. The van der Waals surface area contributed by atoms with E-state index in [0.29, 0.717) is 5.69 Å². The quantitative estimate of drug-likeness (QED) is 0.627. The Morgan fingerprint density at radius 1 is 0.963 bits per heavy atom. The van der Waals surface area contributed by atoms with E-state index < -0.39 is 31.0 Å². The fourth-order valence-corrected chi connectivity index (χ4v) is 4.14. The highest BCUT2D eigenvalue weighted by atomic mass is 32.2. The lowest BCUT2D eigenvalue weighted by Gasteiger charge is -2.23. The van der Waals surface area contributed by atoms with Crippen molar-refractivity contribution in [3.05, 3.63) is 70.7 Å². The molecule has 1 aromatic heterocycles.